The maximum atomic E-state index is 13.0. The summed E-state index contributed by atoms with van der Waals surface area (Å²) in [6.45, 7) is 1.85. The molecular weight excluding hydrogens is 344 g/mol. The Kier molecular flexibility index (Phi) is 3.77. The topological polar surface area (TPSA) is 48.7 Å². The molecule has 2 rings (SSSR count). The monoisotopic (exact) mass is 353 g/mol. The molecule has 0 unspecified atom stereocenters. The van der Waals surface area contributed by atoms with Crippen LogP contribution in [-0.4, -0.2) is 4.98 Å². The summed E-state index contributed by atoms with van der Waals surface area (Å²) >= 11 is 2.03. The van der Waals surface area contributed by atoms with Gasteiger partial charge in [-0.3, -0.25) is 0 Å². The SMILES string of the molecule is Cc1ccnc(Nc2ccc(F)cc2I)c1C#N. The lowest BCUT2D eigenvalue weighted by molar-refractivity contribution is 0.627. The molecule has 0 atom stereocenters. The zero-order chi connectivity index (χ0) is 13.1. The molecule has 0 saturated carbocycles. The van der Waals surface area contributed by atoms with Crippen molar-refractivity contribution in [1.29, 1.82) is 5.26 Å². The van der Waals surface area contributed by atoms with Gasteiger partial charge in [0.2, 0.25) is 0 Å². The molecule has 18 heavy (non-hydrogen) atoms. The van der Waals surface area contributed by atoms with E-state index in [1.54, 1.807) is 18.3 Å². The van der Waals surface area contributed by atoms with Crippen molar-refractivity contribution >= 4 is 34.1 Å². The van der Waals surface area contributed by atoms with E-state index >= 15 is 0 Å². The molecule has 1 heterocycles. The summed E-state index contributed by atoms with van der Waals surface area (Å²) in [4.78, 5) is 4.14. The number of nitriles is 1. The van der Waals surface area contributed by atoms with E-state index in [-0.39, 0.29) is 5.82 Å². The lowest BCUT2D eigenvalue weighted by Crippen LogP contribution is -2.00. The molecule has 1 aromatic carbocycles. The number of nitrogens with zero attached hydrogens (tertiary/aromatic N) is 2. The van der Waals surface area contributed by atoms with E-state index in [4.69, 9.17) is 5.26 Å². The standard InChI is InChI=1S/C13H9FIN3/c1-8-4-5-17-13(10(8)7-16)18-12-3-2-9(14)6-11(12)15/h2-6H,1H3,(H,17,18). The molecule has 0 fully saturated rings. The number of anilines is 2. The third kappa shape index (κ3) is 2.59. The largest absolute Gasteiger partial charge is 0.338 e. The number of pyridine rings is 1. The Labute approximate surface area is 118 Å². The molecule has 0 aliphatic heterocycles. The van der Waals surface area contributed by atoms with Crippen molar-refractivity contribution < 1.29 is 4.39 Å². The number of nitrogens with one attached hydrogen (secondary N) is 1. The summed E-state index contributed by atoms with van der Waals surface area (Å²) < 4.78 is 13.7. The van der Waals surface area contributed by atoms with Crippen molar-refractivity contribution in [2.75, 3.05) is 5.32 Å². The van der Waals surface area contributed by atoms with E-state index < -0.39 is 0 Å². The second-order valence-electron chi connectivity index (χ2n) is 3.71. The van der Waals surface area contributed by atoms with Crippen molar-refractivity contribution in [2.24, 2.45) is 0 Å². The molecule has 0 saturated heterocycles. The second-order valence-corrected chi connectivity index (χ2v) is 4.87. The summed E-state index contributed by atoms with van der Waals surface area (Å²) in [5.41, 5.74) is 2.08. The quantitative estimate of drug-likeness (QED) is 0.837. The highest BCUT2D eigenvalue weighted by molar-refractivity contribution is 14.1. The van der Waals surface area contributed by atoms with Crippen LogP contribution in [0, 0.1) is 27.6 Å². The highest BCUT2D eigenvalue weighted by Gasteiger charge is 2.08. The summed E-state index contributed by atoms with van der Waals surface area (Å²) in [5.74, 6) is 0.199. The van der Waals surface area contributed by atoms with Crippen molar-refractivity contribution in [3.05, 3.63) is 51.0 Å². The number of rotatable bonds is 2. The minimum absolute atomic E-state index is 0.289. The Balaban J connectivity index is 2.41. The smallest absolute Gasteiger partial charge is 0.148 e. The van der Waals surface area contributed by atoms with Crippen LogP contribution in [0.4, 0.5) is 15.9 Å². The minimum atomic E-state index is -0.289. The van der Waals surface area contributed by atoms with Gasteiger partial charge < -0.3 is 5.32 Å². The van der Waals surface area contributed by atoms with Crippen LogP contribution < -0.4 is 5.32 Å². The lowest BCUT2D eigenvalue weighted by Gasteiger charge is -2.10. The summed E-state index contributed by atoms with van der Waals surface area (Å²) in [6, 6.07) is 8.31. The van der Waals surface area contributed by atoms with Crippen LogP contribution in [0.2, 0.25) is 0 Å². The maximum absolute atomic E-state index is 13.0. The fourth-order valence-electron chi connectivity index (χ4n) is 1.51. The maximum Gasteiger partial charge on any atom is 0.148 e. The van der Waals surface area contributed by atoms with Gasteiger partial charge in [0, 0.05) is 9.77 Å². The number of hydrogen-bond donors (Lipinski definition) is 1. The van der Waals surface area contributed by atoms with Crippen LogP contribution in [-0.2, 0) is 0 Å². The second kappa shape index (κ2) is 5.31. The number of halogens is 2. The van der Waals surface area contributed by atoms with Gasteiger partial charge in [-0.1, -0.05) is 0 Å². The number of hydrogen-bond acceptors (Lipinski definition) is 3. The molecular formula is C13H9FIN3. The van der Waals surface area contributed by atoms with Gasteiger partial charge in [0.1, 0.15) is 17.7 Å². The predicted octanol–water partition coefficient (Wildman–Crippen LogP) is 3.75. The zero-order valence-electron chi connectivity index (χ0n) is 9.54. The Hall–Kier alpha value is -1.68. The molecule has 0 bridgehead atoms. The fraction of sp³-hybridized carbons (Fsp3) is 0.0769. The molecule has 1 N–H and O–H groups in total. The Morgan fingerprint density at radius 2 is 2.17 bits per heavy atom. The van der Waals surface area contributed by atoms with Gasteiger partial charge in [0.05, 0.1) is 11.3 Å². The van der Waals surface area contributed by atoms with Gasteiger partial charge in [0.15, 0.2) is 0 Å². The summed E-state index contributed by atoms with van der Waals surface area (Å²) in [7, 11) is 0. The van der Waals surface area contributed by atoms with Gasteiger partial charge >= 0.3 is 0 Å². The predicted molar refractivity (Wildman–Crippen MR) is 76.1 cm³/mol. The van der Waals surface area contributed by atoms with Crippen LogP contribution >= 0.6 is 22.6 Å². The van der Waals surface area contributed by atoms with Crippen LogP contribution in [0.5, 0.6) is 0 Å². The first-order valence-corrected chi connectivity index (χ1v) is 6.27. The van der Waals surface area contributed by atoms with Crippen LogP contribution in [0.3, 0.4) is 0 Å². The first-order valence-electron chi connectivity index (χ1n) is 5.19. The van der Waals surface area contributed by atoms with E-state index in [9.17, 15) is 4.39 Å². The highest BCUT2D eigenvalue weighted by Crippen LogP contribution is 2.25. The highest BCUT2D eigenvalue weighted by atomic mass is 127. The summed E-state index contributed by atoms with van der Waals surface area (Å²) in [6.07, 6.45) is 1.63. The molecule has 0 spiro atoms. The molecule has 90 valence electrons. The van der Waals surface area contributed by atoms with Gasteiger partial charge in [0.25, 0.3) is 0 Å². The zero-order valence-corrected chi connectivity index (χ0v) is 11.7. The van der Waals surface area contributed by atoms with E-state index in [0.717, 1.165) is 14.8 Å². The van der Waals surface area contributed by atoms with Crippen molar-refractivity contribution in [2.45, 2.75) is 6.92 Å². The molecule has 0 radical (unpaired) electrons. The lowest BCUT2D eigenvalue weighted by atomic mass is 10.1. The van der Waals surface area contributed by atoms with Gasteiger partial charge in [-0.2, -0.15) is 5.26 Å². The van der Waals surface area contributed by atoms with Crippen LogP contribution in [0.15, 0.2) is 30.5 Å². The third-order valence-corrected chi connectivity index (χ3v) is 3.35. The minimum Gasteiger partial charge on any atom is -0.338 e. The van der Waals surface area contributed by atoms with E-state index in [0.29, 0.717) is 11.4 Å². The summed E-state index contributed by atoms with van der Waals surface area (Å²) in [5, 5.41) is 12.2. The Morgan fingerprint density at radius 3 is 2.83 bits per heavy atom. The number of aromatic nitrogens is 1. The van der Waals surface area contributed by atoms with Gasteiger partial charge in [-0.15, -0.1) is 0 Å². The fourth-order valence-corrected chi connectivity index (χ4v) is 2.12. The van der Waals surface area contributed by atoms with Crippen molar-refractivity contribution in [3.63, 3.8) is 0 Å². The molecule has 0 aliphatic carbocycles. The molecule has 0 aliphatic rings. The van der Waals surface area contributed by atoms with Gasteiger partial charge in [-0.05, 0) is 59.3 Å². The van der Waals surface area contributed by atoms with E-state index in [1.165, 1.54) is 12.1 Å². The molecule has 2 aromatic rings. The van der Waals surface area contributed by atoms with Crippen molar-refractivity contribution in [1.82, 2.24) is 4.98 Å². The van der Waals surface area contributed by atoms with Crippen molar-refractivity contribution in [3.8, 4) is 6.07 Å². The third-order valence-electron chi connectivity index (χ3n) is 2.46. The average Bonchev–Trinajstić information content (AvgIpc) is 2.33. The number of benzene rings is 1. The van der Waals surface area contributed by atoms with Gasteiger partial charge in [-0.25, -0.2) is 9.37 Å². The molecule has 5 heteroatoms. The van der Waals surface area contributed by atoms with Crippen LogP contribution in [0.1, 0.15) is 11.1 Å². The normalized spacial score (nSPS) is 9.89. The average molecular weight is 353 g/mol. The van der Waals surface area contributed by atoms with E-state index in [1.807, 2.05) is 29.5 Å². The number of aryl methyl sites for hydroxylation is 1. The Morgan fingerprint density at radius 1 is 1.39 bits per heavy atom. The first-order chi connectivity index (χ1) is 8.61. The molecule has 1 aromatic heterocycles. The molecule has 0 amide bonds. The molecule has 3 nitrogen and oxygen atoms in total. The van der Waals surface area contributed by atoms with Crippen LogP contribution in [0.25, 0.3) is 0 Å². The first kappa shape index (κ1) is 12.8. The van der Waals surface area contributed by atoms with E-state index in [2.05, 4.69) is 16.4 Å². The Bertz CT molecular complexity index is 635.